The second kappa shape index (κ2) is 10.5. The number of hydrogen-bond donors (Lipinski definition) is 1. The van der Waals surface area contributed by atoms with Gasteiger partial charge in [-0.3, -0.25) is 14.5 Å². The topological polar surface area (TPSA) is 87.7 Å². The van der Waals surface area contributed by atoms with Gasteiger partial charge in [-0.1, -0.05) is 35.6 Å². The Morgan fingerprint density at radius 3 is 2.45 bits per heavy atom. The van der Waals surface area contributed by atoms with Crippen LogP contribution in [0.3, 0.4) is 0 Å². The van der Waals surface area contributed by atoms with Gasteiger partial charge in [-0.25, -0.2) is 0 Å². The van der Waals surface area contributed by atoms with E-state index in [9.17, 15) is 9.59 Å². The molecule has 1 aliphatic heterocycles. The van der Waals surface area contributed by atoms with Crippen molar-refractivity contribution in [3.63, 3.8) is 0 Å². The predicted octanol–water partition coefficient (Wildman–Crippen LogP) is 2.99. The number of piperazine rings is 1. The van der Waals surface area contributed by atoms with Crippen LogP contribution >= 0.6 is 11.3 Å². The maximum Gasteiger partial charge on any atom is 0.286 e. The molecule has 9 heteroatoms. The summed E-state index contributed by atoms with van der Waals surface area (Å²) in [6.45, 7) is 5.57. The number of anilines is 1. The van der Waals surface area contributed by atoms with Gasteiger partial charge in [0.05, 0.1) is 20.1 Å². The minimum absolute atomic E-state index is 0.164. The third kappa shape index (κ3) is 5.94. The fraction of sp³-hybridized carbons (Fsp3) is 0.333. The van der Waals surface area contributed by atoms with Crippen LogP contribution in [0.2, 0.25) is 0 Å². The van der Waals surface area contributed by atoms with Gasteiger partial charge in [0.2, 0.25) is 10.9 Å². The molecule has 0 atom stereocenters. The molecule has 0 saturated carbocycles. The first-order valence-corrected chi connectivity index (χ1v) is 11.7. The summed E-state index contributed by atoms with van der Waals surface area (Å²) < 4.78 is 5.13. The minimum Gasteiger partial charge on any atom is -0.497 e. The number of ether oxygens (including phenoxy) is 1. The Kier molecular flexibility index (Phi) is 7.31. The van der Waals surface area contributed by atoms with Crippen LogP contribution in [0.25, 0.3) is 0 Å². The summed E-state index contributed by atoms with van der Waals surface area (Å²) in [6.07, 6.45) is 0.440. The van der Waals surface area contributed by atoms with Crippen molar-refractivity contribution in [2.75, 3.05) is 38.6 Å². The number of hydrogen-bond acceptors (Lipinski definition) is 7. The number of nitrogens with one attached hydrogen (secondary N) is 1. The Bertz CT molecular complexity index is 1110. The molecule has 1 fully saturated rings. The number of aryl methyl sites for hydroxylation is 1. The van der Waals surface area contributed by atoms with Crippen LogP contribution in [-0.2, 0) is 17.8 Å². The lowest BCUT2D eigenvalue weighted by atomic mass is 10.1. The molecule has 1 saturated heterocycles. The van der Waals surface area contributed by atoms with Crippen LogP contribution in [0.15, 0.2) is 48.5 Å². The van der Waals surface area contributed by atoms with Gasteiger partial charge in [0.15, 0.2) is 0 Å². The van der Waals surface area contributed by atoms with E-state index in [1.54, 1.807) is 31.4 Å². The van der Waals surface area contributed by atoms with Crippen LogP contribution in [0.4, 0.5) is 5.69 Å². The second-order valence-corrected chi connectivity index (χ2v) is 9.01. The summed E-state index contributed by atoms with van der Waals surface area (Å²) >= 11 is 1.29. The van der Waals surface area contributed by atoms with E-state index >= 15 is 0 Å². The number of carbonyl (C=O) groups is 2. The first kappa shape index (κ1) is 22.9. The average molecular weight is 466 g/mol. The van der Waals surface area contributed by atoms with Gasteiger partial charge in [0.25, 0.3) is 5.91 Å². The molecule has 2 aromatic carbocycles. The molecule has 1 N–H and O–H groups in total. The van der Waals surface area contributed by atoms with Crippen molar-refractivity contribution < 1.29 is 14.3 Å². The largest absolute Gasteiger partial charge is 0.497 e. The van der Waals surface area contributed by atoms with Gasteiger partial charge in [-0.15, -0.1) is 10.2 Å². The molecular formula is C24H27N5O3S. The van der Waals surface area contributed by atoms with Gasteiger partial charge >= 0.3 is 0 Å². The van der Waals surface area contributed by atoms with Crippen molar-refractivity contribution >= 4 is 28.8 Å². The quantitative estimate of drug-likeness (QED) is 0.577. The summed E-state index contributed by atoms with van der Waals surface area (Å²) in [5.74, 6) is 0.607. The van der Waals surface area contributed by atoms with E-state index in [2.05, 4.69) is 20.4 Å². The molecule has 4 rings (SSSR count). The van der Waals surface area contributed by atoms with Crippen LogP contribution in [-0.4, -0.2) is 65.1 Å². The fourth-order valence-corrected chi connectivity index (χ4v) is 4.48. The van der Waals surface area contributed by atoms with Crippen molar-refractivity contribution in [3.05, 3.63) is 69.7 Å². The lowest BCUT2D eigenvalue weighted by Gasteiger charge is -2.34. The fourth-order valence-electron chi connectivity index (χ4n) is 3.70. The summed E-state index contributed by atoms with van der Waals surface area (Å²) in [7, 11) is 1.60. The Balaban J connectivity index is 1.25. The number of nitrogens with zero attached hydrogens (tertiary/aromatic N) is 4. The number of methoxy groups -OCH3 is 1. The third-order valence-corrected chi connectivity index (χ3v) is 6.60. The van der Waals surface area contributed by atoms with Crippen LogP contribution < -0.4 is 10.1 Å². The van der Waals surface area contributed by atoms with E-state index in [-0.39, 0.29) is 11.8 Å². The number of aromatic nitrogens is 2. The summed E-state index contributed by atoms with van der Waals surface area (Å²) in [5.41, 5.74) is 2.90. The SMILES string of the molecule is COc1ccc(NC(=O)c2nnc(CN3CCN(C(=O)Cc4ccccc4C)CC3)s2)cc1. The highest BCUT2D eigenvalue weighted by atomic mass is 32.1. The van der Waals surface area contributed by atoms with E-state index in [0.717, 1.165) is 35.0 Å². The molecule has 8 nitrogen and oxygen atoms in total. The molecule has 2 amide bonds. The number of benzene rings is 2. The van der Waals surface area contributed by atoms with Gasteiger partial charge in [-0.05, 0) is 42.3 Å². The number of amides is 2. The summed E-state index contributed by atoms with van der Waals surface area (Å²) in [6, 6.07) is 15.1. The van der Waals surface area contributed by atoms with E-state index in [1.165, 1.54) is 11.3 Å². The second-order valence-electron chi connectivity index (χ2n) is 7.94. The molecule has 3 aromatic rings. The highest BCUT2D eigenvalue weighted by molar-refractivity contribution is 7.13. The lowest BCUT2D eigenvalue weighted by Crippen LogP contribution is -2.48. The smallest absolute Gasteiger partial charge is 0.286 e. The van der Waals surface area contributed by atoms with Gasteiger partial charge in [-0.2, -0.15) is 0 Å². The highest BCUT2D eigenvalue weighted by Gasteiger charge is 2.23. The van der Waals surface area contributed by atoms with Crippen LogP contribution in [0.5, 0.6) is 5.75 Å². The molecule has 172 valence electrons. The standard InChI is InChI=1S/C24H27N5O3S/c1-17-5-3-4-6-18(17)15-22(30)29-13-11-28(12-14-29)16-21-26-27-24(33-21)23(31)25-19-7-9-20(32-2)10-8-19/h3-10H,11-16H2,1-2H3,(H,25,31). The Labute approximate surface area is 197 Å². The zero-order valence-electron chi connectivity index (χ0n) is 18.8. The third-order valence-electron chi connectivity index (χ3n) is 5.70. The normalized spacial score (nSPS) is 14.2. The molecular weight excluding hydrogens is 438 g/mol. The van der Waals surface area contributed by atoms with Crippen molar-refractivity contribution in [1.82, 2.24) is 20.0 Å². The summed E-state index contributed by atoms with van der Waals surface area (Å²) in [4.78, 5) is 29.3. The van der Waals surface area contributed by atoms with Crippen molar-refractivity contribution in [2.45, 2.75) is 19.9 Å². The Hall–Kier alpha value is -3.30. The number of carbonyl (C=O) groups excluding carboxylic acids is 2. The van der Waals surface area contributed by atoms with Crippen molar-refractivity contribution in [2.24, 2.45) is 0 Å². The number of rotatable bonds is 7. The highest BCUT2D eigenvalue weighted by Crippen LogP contribution is 2.19. The molecule has 1 aliphatic rings. The van der Waals surface area contributed by atoms with E-state index in [0.29, 0.717) is 36.8 Å². The van der Waals surface area contributed by atoms with Gasteiger partial charge in [0, 0.05) is 31.9 Å². The van der Waals surface area contributed by atoms with Crippen LogP contribution in [0.1, 0.15) is 25.9 Å². The Morgan fingerprint density at radius 2 is 1.76 bits per heavy atom. The van der Waals surface area contributed by atoms with Crippen molar-refractivity contribution in [3.8, 4) is 5.75 Å². The molecule has 0 spiro atoms. The molecule has 0 bridgehead atoms. The average Bonchev–Trinajstić information content (AvgIpc) is 3.30. The molecule has 0 radical (unpaired) electrons. The minimum atomic E-state index is -0.282. The monoisotopic (exact) mass is 465 g/mol. The van der Waals surface area contributed by atoms with E-state index < -0.39 is 0 Å². The molecule has 0 unspecified atom stereocenters. The lowest BCUT2D eigenvalue weighted by molar-refractivity contribution is -0.132. The molecule has 2 heterocycles. The van der Waals surface area contributed by atoms with Crippen LogP contribution in [0, 0.1) is 6.92 Å². The first-order chi connectivity index (χ1) is 16.0. The molecule has 1 aromatic heterocycles. The zero-order chi connectivity index (χ0) is 23.2. The van der Waals surface area contributed by atoms with E-state index in [1.807, 2.05) is 36.1 Å². The zero-order valence-corrected chi connectivity index (χ0v) is 19.6. The van der Waals surface area contributed by atoms with Gasteiger partial charge in [0.1, 0.15) is 10.8 Å². The molecule has 0 aliphatic carbocycles. The summed E-state index contributed by atoms with van der Waals surface area (Å²) in [5, 5.41) is 12.2. The van der Waals surface area contributed by atoms with Gasteiger partial charge < -0.3 is 15.0 Å². The maximum atomic E-state index is 12.7. The maximum absolute atomic E-state index is 12.7. The first-order valence-electron chi connectivity index (χ1n) is 10.8. The molecule has 33 heavy (non-hydrogen) atoms. The van der Waals surface area contributed by atoms with Crippen molar-refractivity contribution in [1.29, 1.82) is 0 Å². The van der Waals surface area contributed by atoms with E-state index in [4.69, 9.17) is 4.74 Å². The predicted molar refractivity (Wildman–Crippen MR) is 128 cm³/mol. The Morgan fingerprint density at radius 1 is 1.03 bits per heavy atom.